The van der Waals surface area contributed by atoms with Crippen LogP contribution < -0.4 is 4.74 Å². The molecule has 0 aromatic heterocycles. The second kappa shape index (κ2) is 8.64. The average molecular weight is 369 g/mol. The van der Waals surface area contributed by atoms with Gasteiger partial charge in [-0.3, -0.25) is 19.8 Å². The van der Waals surface area contributed by atoms with Crippen molar-refractivity contribution in [2.24, 2.45) is 0 Å². The van der Waals surface area contributed by atoms with Gasteiger partial charge in [-0.2, -0.15) is 0 Å². The Morgan fingerprint density at radius 2 is 1.74 bits per heavy atom. The molecular weight excluding hydrogens is 346 g/mol. The van der Waals surface area contributed by atoms with E-state index in [9.17, 15) is 14.9 Å². The number of carbonyl (C=O) groups excluding carboxylic acids is 1. The number of rotatable bonds is 6. The van der Waals surface area contributed by atoms with Gasteiger partial charge in [-0.15, -0.1) is 0 Å². The summed E-state index contributed by atoms with van der Waals surface area (Å²) in [5.41, 5.74) is 1.21. The first-order chi connectivity index (χ1) is 13.1. The number of hydrogen-bond donors (Lipinski definition) is 0. The predicted octanol–water partition coefficient (Wildman–Crippen LogP) is 2.95. The predicted molar refractivity (Wildman–Crippen MR) is 102 cm³/mol. The van der Waals surface area contributed by atoms with Gasteiger partial charge < -0.3 is 9.64 Å². The minimum atomic E-state index is -0.505. The standard InChI is InChI=1S/C20H23N3O4/c1-2-27-17-9-7-16(8-10-17)15-21-11-13-22(14-12-21)20(24)18-5-3-4-6-19(18)23(25)26/h3-10H,2,11-15H2,1H3. The van der Waals surface area contributed by atoms with Gasteiger partial charge in [-0.1, -0.05) is 24.3 Å². The minimum absolute atomic E-state index is 0.140. The molecule has 2 aromatic rings. The maximum Gasteiger partial charge on any atom is 0.282 e. The van der Waals surface area contributed by atoms with Gasteiger partial charge in [-0.05, 0) is 30.7 Å². The van der Waals surface area contributed by atoms with Gasteiger partial charge in [0.2, 0.25) is 0 Å². The molecule has 0 N–H and O–H groups in total. The first-order valence-electron chi connectivity index (χ1n) is 9.05. The van der Waals surface area contributed by atoms with Crippen molar-refractivity contribution in [1.82, 2.24) is 9.80 Å². The zero-order valence-electron chi connectivity index (χ0n) is 15.3. The molecule has 7 heteroatoms. The van der Waals surface area contributed by atoms with Crippen LogP contribution in [0.2, 0.25) is 0 Å². The van der Waals surface area contributed by atoms with Gasteiger partial charge in [0.25, 0.3) is 11.6 Å². The van der Waals surface area contributed by atoms with E-state index < -0.39 is 4.92 Å². The van der Waals surface area contributed by atoms with Crippen LogP contribution in [0.4, 0.5) is 5.69 Å². The van der Waals surface area contributed by atoms with Crippen LogP contribution in [0.1, 0.15) is 22.8 Å². The molecule has 1 fully saturated rings. The summed E-state index contributed by atoms with van der Waals surface area (Å²) in [6.07, 6.45) is 0. The number of nitro groups is 1. The molecular formula is C20H23N3O4. The molecule has 7 nitrogen and oxygen atoms in total. The van der Waals surface area contributed by atoms with E-state index >= 15 is 0 Å². The third-order valence-corrected chi connectivity index (χ3v) is 4.63. The lowest BCUT2D eigenvalue weighted by Crippen LogP contribution is -2.48. The largest absolute Gasteiger partial charge is 0.494 e. The molecule has 27 heavy (non-hydrogen) atoms. The fourth-order valence-corrected chi connectivity index (χ4v) is 3.21. The lowest BCUT2D eigenvalue weighted by molar-refractivity contribution is -0.385. The van der Waals surface area contributed by atoms with Crippen molar-refractivity contribution >= 4 is 11.6 Å². The van der Waals surface area contributed by atoms with E-state index in [0.29, 0.717) is 19.7 Å². The van der Waals surface area contributed by atoms with Gasteiger partial charge in [-0.25, -0.2) is 0 Å². The molecule has 1 saturated heterocycles. The lowest BCUT2D eigenvalue weighted by atomic mass is 10.1. The van der Waals surface area contributed by atoms with E-state index in [0.717, 1.165) is 25.4 Å². The Morgan fingerprint density at radius 1 is 1.07 bits per heavy atom. The summed E-state index contributed by atoms with van der Waals surface area (Å²) in [5, 5.41) is 11.1. The summed E-state index contributed by atoms with van der Waals surface area (Å²) in [6.45, 7) is 6.00. The zero-order valence-corrected chi connectivity index (χ0v) is 15.3. The van der Waals surface area contributed by atoms with Crippen molar-refractivity contribution in [3.05, 3.63) is 69.8 Å². The molecule has 0 radical (unpaired) electrons. The van der Waals surface area contributed by atoms with E-state index in [2.05, 4.69) is 17.0 Å². The molecule has 1 amide bonds. The second-order valence-corrected chi connectivity index (χ2v) is 6.42. The molecule has 0 spiro atoms. The molecule has 0 saturated carbocycles. The summed E-state index contributed by atoms with van der Waals surface area (Å²) in [7, 11) is 0. The fourth-order valence-electron chi connectivity index (χ4n) is 3.21. The number of benzene rings is 2. The summed E-state index contributed by atoms with van der Waals surface area (Å²) < 4.78 is 5.45. The first-order valence-corrected chi connectivity index (χ1v) is 9.05. The maximum absolute atomic E-state index is 12.7. The second-order valence-electron chi connectivity index (χ2n) is 6.42. The quantitative estimate of drug-likeness (QED) is 0.578. The highest BCUT2D eigenvalue weighted by molar-refractivity contribution is 5.98. The van der Waals surface area contributed by atoms with Crippen LogP contribution in [0.3, 0.4) is 0 Å². The van der Waals surface area contributed by atoms with Crippen LogP contribution >= 0.6 is 0 Å². The Morgan fingerprint density at radius 3 is 2.37 bits per heavy atom. The van der Waals surface area contributed by atoms with E-state index in [1.54, 1.807) is 17.0 Å². The number of carbonyl (C=O) groups is 1. The Labute approximate surface area is 158 Å². The number of para-hydroxylation sites is 1. The van der Waals surface area contributed by atoms with Crippen LogP contribution in [-0.2, 0) is 6.54 Å². The van der Waals surface area contributed by atoms with Crippen molar-refractivity contribution < 1.29 is 14.5 Å². The number of hydrogen-bond acceptors (Lipinski definition) is 5. The normalized spacial score (nSPS) is 14.8. The molecule has 1 heterocycles. The molecule has 3 rings (SSSR count). The Balaban J connectivity index is 1.57. The van der Waals surface area contributed by atoms with E-state index in [4.69, 9.17) is 4.74 Å². The summed E-state index contributed by atoms with van der Waals surface area (Å²) >= 11 is 0. The zero-order chi connectivity index (χ0) is 19.2. The van der Waals surface area contributed by atoms with E-state index in [-0.39, 0.29) is 17.2 Å². The minimum Gasteiger partial charge on any atom is -0.494 e. The smallest absolute Gasteiger partial charge is 0.282 e. The van der Waals surface area contributed by atoms with Crippen molar-refractivity contribution in [2.75, 3.05) is 32.8 Å². The highest BCUT2D eigenvalue weighted by Crippen LogP contribution is 2.21. The van der Waals surface area contributed by atoms with Crippen molar-refractivity contribution in [3.63, 3.8) is 0 Å². The number of nitro benzene ring substituents is 1. The Hall–Kier alpha value is -2.93. The SMILES string of the molecule is CCOc1ccc(CN2CCN(C(=O)c3ccccc3[N+](=O)[O-])CC2)cc1. The average Bonchev–Trinajstić information content (AvgIpc) is 2.70. The third-order valence-electron chi connectivity index (χ3n) is 4.63. The molecule has 1 aliphatic heterocycles. The van der Waals surface area contributed by atoms with Crippen molar-refractivity contribution in [2.45, 2.75) is 13.5 Å². The van der Waals surface area contributed by atoms with Crippen LogP contribution in [0, 0.1) is 10.1 Å². The number of nitrogens with zero attached hydrogens (tertiary/aromatic N) is 3. The number of ether oxygens (including phenoxy) is 1. The van der Waals surface area contributed by atoms with Gasteiger partial charge in [0, 0.05) is 38.8 Å². The van der Waals surface area contributed by atoms with E-state index in [1.807, 2.05) is 19.1 Å². The summed E-state index contributed by atoms with van der Waals surface area (Å²) in [4.78, 5) is 27.3. The maximum atomic E-state index is 12.7. The van der Waals surface area contributed by atoms with Gasteiger partial charge in [0.05, 0.1) is 11.5 Å². The molecule has 0 unspecified atom stereocenters. The molecule has 2 aromatic carbocycles. The van der Waals surface area contributed by atoms with Gasteiger partial charge in [0.15, 0.2) is 0 Å². The van der Waals surface area contributed by atoms with E-state index in [1.165, 1.54) is 17.7 Å². The first kappa shape index (κ1) is 18.8. The third kappa shape index (κ3) is 4.62. The molecule has 1 aliphatic rings. The monoisotopic (exact) mass is 369 g/mol. The molecule has 142 valence electrons. The lowest BCUT2D eigenvalue weighted by Gasteiger charge is -2.34. The van der Waals surface area contributed by atoms with Gasteiger partial charge in [0.1, 0.15) is 11.3 Å². The van der Waals surface area contributed by atoms with Gasteiger partial charge >= 0.3 is 0 Å². The fraction of sp³-hybridized carbons (Fsp3) is 0.350. The van der Waals surface area contributed by atoms with Crippen LogP contribution in [0.25, 0.3) is 0 Å². The van der Waals surface area contributed by atoms with Crippen LogP contribution in [0.15, 0.2) is 48.5 Å². The van der Waals surface area contributed by atoms with Crippen LogP contribution in [0.5, 0.6) is 5.75 Å². The highest BCUT2D eigenvalue weighted by atomic mass is 16.6. The number of piperazine rings is 1. The molecule has 0 atom stereocenters. The van der Waals surface area contributed by atoms with Crippen LogP contribution in [-0.4, -0.2) is 53.4 Å². The number of amides is 1. The Bertz CT molecular complexity index is 799. The molecule has 0 bridgehead atoms. The highest BCUT2D eigenvalue weighted by Gasteiger charge is 2.27. The Kier molecular flexibility index (Phi) is 6.03. The van der Waals surface area contributed by atoms with Crippen molar-refractivity contribution in [1.29, 1.82) is 0 Å². The summed E-state index contributed by atoms with van der Waals surface area (Å²) in [6, 6.07) is 14.2. The van der Waals surface area contributed by atoms with Crippen molar-refractivity contribution in [3.8, 4) is 5.75 Å². The molecule has 0 aliphatic carbocycles. The summed E-state index contributed by atoms with van der Waals surface area (Å²) in [5.74, 6) is 0.587. The topological polar surface area (TPSA) is 75.9 Å².